The molecule has 0 aliphatic heterocycles. The Morgan fingerprint density at radius 2 is 1.68 bits per heavy atom. The monoisotopic (exact) mass is 487 g/mol. The first kappa shape index (κ1) is 27.4. The maximum Gasteiger partial charge on any atom is 0.242 e. The molecule has 0 saturated carbocycles. The summed E-state index contributed by atoms with van der Waals surface area (Å²) in [6.45, 7) is 8.56. The van der Waals surface area contributed by atoms with Gasteiger partial charge in [-0.05, 0) is 62.4 Å². The van der Waals surface area contributed by atoms with Crippen LogP contribution in [0.4, 0.5) is 5.69 Å². The molecular weight excluding hydrogens is 450 g/mol. The molecule has 0 aliphatic carbocycles. The molecule has 8 heteroatoms. The van der Waals surface area contributed by atoms with Gasteiger partial charge in [0.05, 0.1) is 11.9 Å². The Bertz CT molecular complexity index is 1070. The molecule has 0 heterocycles. The highest BCUT2D eigenvalue weighted by Crippen LogP contribution is 2.20. The van der Waals surface area contributed by atoms with Crippen LogP contribution in [-0.4, -0.2) is 50.5 Å². The molecule has 0 aliphatic rings. The number of hydrogen-bond acceptors (Lipinski definition) is 4. The van der Waals surface area contributed by atoms with E-state index in [0.29, 0.717) is 25.2 Å². The number of sulfonamides is 1. The fourth-order valence-electron chi connectivity index (χ4n) is 3.78. The van der Waals surface area contributed by atoms with Crippen molar-refractivity contribution in [3.05, 3.63) is 65.2 Å². The van der Waals surface area contributed by atoms with Crippen LogP contribution < -0.4 is 9.62 Å². The minimum absolute atomic E-state index is 0.134. The van der Waals surface area contributed by atoms with Gasteiger partial charge in [-0.25, -0.2) is 8.42 Å². The molecule has 0 bridgehead atoms. The van der Waals surface area contributed by atoms with Gasteiger partial charge in [0.25, 0.3) is 0 Å². The van der Waals surface area contributed by atoms with Crippen molar-refractivity contribution in [2.45, 2.75) is 59.5 Å². The van der Waals surface area contributed by atoms with Crippen LogP contribution in [0.25, 0.3) is 0 Å². The van der Waals surface area contributed by atoms with Crippen LogP contribution in [0.3, 0.4) is 0 Å². The average molecular weight is 488 g/mol. The topological polar surface area (TPSA) is 86.8 Å². The van der Waals surface area contributed by atoms with Crippen LogP contribution in [0, 0.1) is 6.92 Å². The predicted molar refractivity (Wildman–Crippen MR) is 137 cm³/mol. The van der Waals surface area contributed by atoms with Crippen LogP contribution in [-0.2, 0) is 32.6 Å². The standard InChI is InChI=1S/C26H37N3O4S/c1-6-22-14-16-24(17-15-22)29(34(5,32)33)18-10-13-25(30)28(21(4)26(31)27-7-2)19-23-12-9-8-11-20(23)3/h8-9,11-12,14-17,21H,6-7,10,13,18-19H2,1-5H3,(H,27,31)/t21-/m0/s1. The lowest BCUT2D eigenvalue weighted by atomic mass is 10.1. The number of nitrogens with zero attached hydrogens (tertiary/aromatic N) is 2. The Kier molecular flexibility index (Phi) is 10.1. The van der Waals surface area contributed by atoms with Gasteiger partial charge in [-0.2, -0.15) is 0 Å². The number of rotatable bonds is 12. The Balaban J connectivity index is 2.15. The first-order valence-corrected chi connectivity index (χ1v) is 13.6. The molecule has 0 aromatic heterocycles. The highest BCUT2D eigenvalue weighted by atomic mass is 32.2. The van der Waals surface area contributed by atoms with Crippen molar-refractivity contribution in [2.75, 3.05) is 23.7 Å². The summed E-state index contributed by atoms with van der Waals surface area (Å²) in [7, 11) is -3.50. The molecule has 2 aromatic rings. The van der Waals surface area contributed by atoms with Gasteiger partial charge in [0.1, 0.15) is 6.04 Å². The summed E-state index contributed by atoms with van der Waals surface area (Å²) in [5.74, 6) is -0.394. The highest BCUT2D eigenvalue weighted by molar-refractivity contribution is 7.92. The number of aryl methyl sites for hydroxylation is 2. The van der Waals surface area contributed by atoms with E-state index in [4.69, 9.17) is 0 Å². The van der Waals surface area contributed by atoms with Crippen LogP contribution in [0.15, 0.2) is 48.5 Å². The second kappa shape index (κ2) is 12.6. The van der Waals surface area contributed by atoms with Crippen molar-refractivity contribution >= 4 is 27.5 Å². The highest BCUT2D eigenvalue weighted by Gasteiger charge is 2.26. The molecule has 2 aromatic carbocycles. The molecule has 0 fully saturated rings. The maximum atomic E-state index is 13.2. The number of benzene rings is 2. The SMILES string of the molecule is CCNC(=O)[C@H](C)N(Cc1ccccc1C)C(=O)CCCN(c1ccc(CC)cc1)S(C)(=O)=O. The first-order valence-electron chi connectivity index (χ1n) is 11.8. The number of hydrogen-bond donors (Lipinski definition) is 1. The van der Waals surface area contributed by atoms with E-state index >= 15 is 0 Å². The van der Waals surface area contributed by atoms with E-state index in [9.17, 15) is 18.0 Å². The smallest absolute Gasteiger partial charge is 0.242 e. The number of anilines is 1. The molecule has 0 radical (unpaired) electrons. The zero-order valence-corrected chi connectivity index (χ0v) is 21.7. The molecular formula is C26H37N3O4S. The second-order valence-electron chi connectivity index (χ2n) is 8.48. The minimum Gasteiger partial charge on any atom is -0.355 e. The molecule has 1 atom stereocenters. The van der Waals surface area contributed by atoms with E-state index in [1.807, 2.05) is 57.2 Å². The van der Waals surface area contributed by atoms with Crippen molar-refractivity contribution in [3.8, 4) is 0 Å². The van der Waals surface area contributed by atoms with Gasteiger partial charge in [0, 0.05) is 26.1 Å². The number of amides is 2. The first-order chi connectivity index (χ1) is 16.1. The normalized spacial score (nSPS) is 12.1. The third-order valence-corrected chi connectivity index (χ3v) is 7.10. The number of likely N-dealkylation sites (N-methyl/N-ethyl adjacent to an activating group) is 1. The van der Waals surface area contributed by atoms with Crippen molar-refractivity contribution < 1.29 is 18.0 Å². The summed E-state index contributed by atoms with van der Waals surface area (Å²) >= 11 is 0. The van der Waals surface area contributed by atoms with Gasteiger partial charge in [-0.3, -0.25) is 13.9 Å². The molecule has 1 N–H and O–H groups in total. The number of carbonyl (C=O) groups excluding carboxylic acids is 2. The van der Waals surface area contributed by atoms with E-state index in [2.05, 4.69) is 5.32 Å². The lowest BCUT2D eigenvalue weighted by molar-refractivity contribution is -0.140. The van der Waals surface area contributed by atoms with E-state index in [0.717, 1.165) is 23.1 Å². The quantitative estimate of drug-likeness (QED) is 0.495. The summed E-state index contributed by atoms with van der Waals surface area (Å²) in [5.41, 5.74) is 3.72. The second-order valence-corrected chi connectivity index (χ2v) is 10.4. The minimum atomic E-state index is -3.50. The zero-order chi connectivity index (χ0) is 25.3. The van der Waals surface area contributed by atoms with Gasteiger partial charge in [-0.15, -0.1) is 0 Å². The molecule has 0 unspecified atom stereocenters. The molecule has 186 valence electrons. The van der Waals surface area contributed by atoms with Gasteiger partial charge in [0.15, 0.2) is 0 Å². The van der Waals surface area contributed by atoms with Gasteiger partial charge in [-0.1, -0.05) is 43.3 Å². The van der Waals surface area contributed by atoms with E-state index in [-0.39, 0.29) is 24.8 Å². The fourth-order valence-corrected chi connectivity index (χ4v) is 4.74. The molecule has 2 rings (SSSR count). The Hall–Kier alpha value is -2.87. The Labute approximate surface area is 204 Å². The Morgan fingerprint density at radius 1 is 1.03 bits per heavy atom. The molecule has 7 nitrogen and oxygen atoms in total. The van der Waals surface area contributed by atoms with Crippen molar-refractivity contribution in [3.63, 3.8) is 0 Å². The average Bonchev–Trinajstić information content (AvgIpc) is 2.80. The zero-order valence-electron chi connectivity index (χ0n) is 20.9. The molecule has 0 spiro atoms. The summed E-state index contributed by atoms with van der Waals surface area (Å²) in [4.78, 5) is 27.3. The Morgan fingerprint density at radius 3 is 2.24 bits per heavy atom. The van der Waals surface area contributed by atoms with Crippen LogP contribution in [0.1, 0.15) is 50.3 Å². The van der Waals surface area contributed by atoms with Gasteiger partial charge < -0.3 is 10.2 Å². The fraction of sp³-hybridized carbons (Fsp3) is 0.462. The van der Waals surface area contributed by atoms with Crippen molar-refractivity contribution in [1.82, 2.24) is 10.2 Å². The lowest BCUT2D eigenvalue weighted by Crippen LogP contribution is -2.47. The number of nitrogens with one attached hydrogen (secondary N) is 1. The largest absolute Gasteiger partial charge is 0.355 e. The maximum absolute atomic E-state index is 13.2. The lowest BCUT2D eigenvalue weighted by Gasteiger charge is -2.30. The number of carbonyl (C=O) groups is 2. The summed E-state index contributed by atoms with van der Waals surface area (Å²) in [5, 5.41) is 2.79. The third-order valence-electron chi connectivity index (χ3n) is 5.90. The van der Waals surface area contributed by atoms with E-state index < -0.39 is 16.1 Å². The van der Waals surface area contributed by atoms with Crippen molar-refractivity contribution in [2.24, 2.45) is 0 Å². The van der Waals surface area contributed by atoms with Gasteiger partial charge in [0.2, 0.25) is 21.8 Å². The molecule has 34 heavy (non-hydrogen) atoms. The van der Waals surface area contributed by atoms with Crippen LogP contribution >= 0.6 is 0 Å². The van der Waals surface area contributed by atoms with E-state index in [1.54, 1.807) is 24.0 Å². The summed E-state index contributed by atoms with van der Waals surface area (Å²) in [6, 6.07) is 14.5. The van der Waals surface area contributed by atoms with E-state index in [1.165, 1.54) is 10.6 Å². The molecule has 2 amide bonds. The van der Waals surface area contributed by atoms with Crippen LogP contribution in [0.2, 0.25) is 0 Å². The van der Waals surface area contributed by atoms with Crippen LogP contribution in [0.5, 0.6) is 0 Å². The molecule has 0 saturated heterocycles. The summed E-state index contributed by atoms with van der Waals surface area (Å²) in [6.07, 6.45) is 2.51. The van der Waals surface area contributed by atoms with Crippen molar-refractivity contribution in [1.29, 1.82) is 0 Å². The predicted octanol–water partition coefficient (Wildman–Crippen LogP) is 3.66. The third kappa shape index (κ3) is 7.58. The van der Waals surface area contributed by atoms with Gasteiger partial charge >= 0.3 is 0 Å². The summed E-state index contributed by atoms with van der Waals surface area (Å²) < 4.78 is 26.2.